The van der Waals surface area contributed by atoms with Gasteiger partial charge in [-0.05, 0) is 30.3 Å². The van der Waals surface area contributed by atoms with Crippen LogP contribution in [0.25, 0.3) is 0 Å². The summed E-state index contributed by atoms with van der Waals surface area (Å²) in [5, 5.41) is 0. The molecule has 1 saturated heterocycles. The van der Waals surface area contributed by atoms with Crippen molar-refractivity contribution in [3.05, 3.63) is 53.6 Å². The lowest BCUT2D eigenvalue weighted by molar-refractivity contribution is 0.0533. The minimum atomic E-state index is -0.118. The Morgan fingerprint density at radius 2 is 1.36 bits per heavy atom. The lowest BCUT2D eigenvalue weighted by atomic mass is 10.1. The zero-order valence-electron chi connectivity index (χ0n) is 16.3. The Morgan fingerprint density at radius 3 is 1.96 bits per heavy atom. The van der Waals surface area contributed by atoms with E-state index >= 15 is 0 Å². The fraction of sp³-hybridized carbons (Fsp3) is 0.333. The molecule has 1 heterocycles. The summed E-state index contributed by atoms with van der Waals surface area (Å²) < 4.78 is 15.7. The number of methoxy groups -OCH3 is 3. The molecule has 0 atom stereocenters. The van der Waals surface area contributed by atoms with Gasteiger partial charge in [0.05, 0.1) is 26.9 Å². The molecule has 0 radical (unpaired) electrons. The summed E-state index contributed by atoms with van der Waals surface area (Å²) in [5.74, 6) is 1.56. The minimum absolute atomic E-state index is 0.0620. The normalized spacial score (nSPS) is 13.8. The van der Waals surface area contributed by atoms with Gasteiger partial charge in [0.15, 0.2) is 0 Å². The Morgan fingerprint density at radius 1 is 0.750 bits per heavy atom. The first kappa shape index (κ1) is 19.5. The highest BCUT2D eigenvalue weighted by molar-refractivity contribution is 5.98. The molecule has 2 aromatic carbocycles. The smallest absolute Gasteiger partial charge is 0.257 e. The van der Waals surface area contributed by atoms with Crippen molar-refractivity contribution in [1.82, 2.24) is 9.80 Å². The van der Waals surface area contributed by atoms with Crippen LogP contribution >= 0.6 is 0 Å². The first-order valence-corrected chi connectivity index (χ1v) is 9.02. The lowest BCUT2D eigenvalue weighted by Gasteiger charge is -2.35. The Bertz CT molecular complexity index is 860. The van der Waals surface area contributed by atoms with Crippen molar-refractivity contribution in [1.29, 1.82) is 0 Å². The molecule has 7 heteroatoms. The number of hydrogen-bond donors (Lipinski definition) is 0. The van der Waals surface area contributed by atoms with Crippen LogP contribution in [0, 0.1) is 0 Å². The van der Waals surface area contributed by atoms with Gasteiger partial charge in [-0.3, -0.25) is 9.59 Å². The topological polar surface area (TPSA) is 68.3 Å². The molecule has 3 rings (SSSR count). The van der Waals surface area contributed by atoms with Crippen LogP contribution in [0.2, 0.25) is 0 Å². The van der Waals surface area contributed by atoms with Crippen LogP contribution in [0.1, 0.15) is 20.7 Å². The van der Waals surface area contributed by atoms with E-state index in [0.717, 1.165) is 0 Å². The second-order valence-electron chi connectivity index (χ2n) is 6.38. The molecule has 0 bridgehead atoms. The fourth-order valence-electron chi connectivity index (χ4n) is 3.20. The molecule has 1 fully saturated rings. The summed E-state index contributed by atoms with van der Waals surface area (Å²) in [6, 6.07) is 12.2. The summed E-state index contributed by atoms with van der Waals surface area (Å²) in [6.07, 6.45) is 0. The number of ether oxygens (including phenoxy) is 3. The molecule has 2 amide bonds. The number of benzene rings is 2. The molecule has 0 spiro atoms. The molecular weight excluding hydrogens is 360 g/mol. The second-order valence-corrected chi connectivity index (χ2v) is 6.38. The third-order valence-corrected chi connectivity index (χ3v) is 4.81. The van der Waals surface area contributed by atoms with E-state index in [4.69, 9.17) is 14.2 Å². The van der Waals surface area contributed by atoms with Crippen molar-refractivity contribution in [3.63, 3.8) is 0 Å². The molecule has 1 aliphatic heterocycles. The summed E-state index contributed by atoms with van der Waals surface area (Å²) in [6.45, 7) is 1.87. The van der Waals surface area contributed by atoms with Gasteiger partial charge >= 0.3 is 0 Å². The van der Waals surface area contributed by atoms with Gasteiger partial charge in [-0.25, -0.2) is 0 Å². The monoisotopic (exact) mass is 384 g/mol. The highest BCUT2D eigenvalue weighted by Crippen LogP contribution is 2.26. The van der Waals surface area contributed by atoms with E-state index < -0.39 is 0 Å². The predicted octanol–water partition coefficient (Wildman–Crippen LogP) is 2.31. The molecular formula is C21H24N2O5. The quantitative estimate of drug-likeness (QED) is 0.791. The van der Waals surface area contributed by atoms with Crippen molar-refractivity contribution in [3.8, 4) is 17.2 Å². The number of piperazine rings is 1. The number of hydrogen-bond acceptors (Lipinski definition) is 5. The predicted molar refractivity (Wildman–Crippen MR) is 104 cm³/mol. The molecule has 148 valence electrons. The molecule has 0 unspecified atom stereocenters. The van der Waals surface area contributed by atoms with Crippen LogP contribution in [-0.2, 0) is 0 Å². The van der Waals surface area contributed by atoms with E-state index in [1.54, 1.807) is 66.5 Å². The summed E-state index contributed by atoms with van der Waals surface area (Å²) in [4.78, 5) is 29.1. The van der Waals surface area contributed by atoms with E-state index in [2.05, 4.69) is 0 Å². The zero-order valence-corrected chi connectivity index (χ0v) is 16.3. The van der Waals surface area contributed by atoms with Gasteiger partial charge in [0, 0.05) is 37.8 Å². The first-order valence-electron chi connectivity index (χ1n) is 9.02. The number of carbonyl (C=O) groups is 2. The number of rotatable bonds is 5. The van der Waals surface area contributed by atoms with Crippen molar-refractivity contribution >= 4 is 11.8 Å². The van der Waals surface area contributed by atoms with Gasteiger partial charge in [-0.2, -0.15) is 0 Å². The Kier molecular flexibility index (Phi) is 6.03. The summed E-state index contributed by atoms with van der Waals surface area (Å²) in [5.41, 5.74) is 1.06. The Hall–Kier alpha value is -3.22. The molecule has 2 aromatic rings. The molecule has 1 aliphatic rings. The largest absolute Gasteiger partial charge is 0.497 e. The third-order valence-electron chi connectivity index (χ3n) is 4.81. The molecule has 0 saturated carbocycles. The lowest BCUT2D eigenvalue weighted by Crippen LogP contribution is -2.50. The van der Waals surface area contributed by atoms with Gasteiger partial charge < -0.3 is 24.0 Å². The van der Waals surface area contributed by atoms with E-state index in [1.807, 2.05) is 0 Å². The average molecular weight is 384 g/mol. The van der Waals surface area contributed by atoms with Crippen LogP contribution in [-0.4, -0.2) is 69.1 Å². The summed E-state index contributed by atoms with van der Waals surface area (Å²) >= 11 is 0. The van der Waals surface area contributed by atoms with Crippen LogP contribution in [0.15, 0.2) is 42.5 Å². The highest BCUT2D eigenvalue weighted by Gasteiger charge is 2.27. The SMILES string of the molecule is COc1cccc(C(=O)N2CCN(C(=O)c3ccc(OC)cc3OC)CC2)c1. The number of nitrogens with zero attached hydrogens (tertiary/aromatic N) is 2. The minimum Gasteiger partial charge on any atom is -0.497 e. The van der Waals surface area contributed by atoms with Crippen molar-refractivity contribution < 1.29 is 23.8 Å². The van der Waals surface area contributed by atoms with Gasteiger partial charge in [0.2, 0.25) is 0 Å². The maximum absolute atomic E-state index is 12.9. The van der Waals surface area contributed by atoms with Gasteiger partial charge in [0.25, 0.3) is 11.8 Å². The van der Waals surface area contributed by atoms with Gasteiger partial charge in [-0.15, -0.1) is 0 Å². The summed E-state index contributed by atoms with van der Waals surface area (Å²) in [7, 11) is 4.66. The van der Waals surface area contributed by atoms with E-state index in [-0.39, 0.29) is 11.8 Å². The van der Waals surface area contributed by atoms with E-state index in [0.29, 0.717) is 54.6 Å². The molecule has 28 heavy (non-hydrogen) atoms. The maximum atomic E-state index is 12.9. The standard InChI is InChI=1S/C21H24N2O5/c1-26-16-6-4-5-15(13-16)20(24)22-9-11-23(12-10-22)21(25)18-8-7-17(27-2)14-19(18)28-3/h4-8,13-14H,9-12H2,1-3H3. The van der Waals surface area contributed by atoms with Gasteiger partial charge in [0.1, 0.15) is 17.2 Å². The first-order chi connectivity index (χ1) is 13.6. The van der Waals surface area contributed by atoms with Crippen molar-refractivity contribution in [2.75, 3.05) is 47.5 Å². The van der Waals surface area contributed by atoms with Crippen LogP contribution in [0.3, 0.4) is 0 Å². The highest BCUT2D eigenvalue weighted by atomic mass is 16.5. The Labute approximate surface area is 164 Å². The van der Waals surface area contributed by atoms with Crippen molar-refractivity contribution in [2.24, 2.45) is 0 Å². The van der Waals surface area contributed by atoms with Gasteiger partial charge in [-0.1, -0.05) is 6.07 Å². The molecule has 0 aromatic heterocycles. The van der Waals surface area contributed by atoms with E-state index in [9.17, 15) is 9.59 Å². The van der Waals surface area contributed by atoms with Crippen LogP contribution < -0.4 is 14.2 Å². The molecule has 7 nitrogen and oxygen atoms in total. The zero-order chi connectivity index (χ0) is 20.1. The Balaban J connectivity index is 1.66. The second kappa shape index (κ2) is 8.65. The van der Waals surface area contributed by atoms with Crippen molar-refractivity contribution in [2.45, 2.75) is 0 Å². The molecule has 0 N–H and O–H groups in total. The molecule has 0 aliphatic carbocycles. The number of carbonyl (C=O) groups excluding carboxylic acids is 2. The number of amides is 2. The average Bonchev–Trinajstić information content (AvgIpc) is 2.77. The third kappa shape index (κ3) is 4.03. The fourth-order valence-corrected chi connectivity index (χ4v) is 3.20. The van der Waals surface area contributed by atoms with Crippen LogP contribution in [0.5, 0.6) is 17.2 Å². The maximum Gasteiger partial charge on any atom is 0.257 e. The van der Waals surface area contributed by atoms with E-state index in [1.165, 1.54) is 7.11 Å². The van der Waals surface area contributed by atoms with Crippen LogP contribution in [0.4, 0.5) is 0 Å².